The van der Waals surface area contributed by atoms with Crippen molar-refractivity contribution >= 4 is 19.8 Å². The van der Waals surface area contributed by atoms with Crippen LogP contribution in [0.3, 0.4) is 0 Å². The second-order valence-corrected chi connectivity index (χ2v) is 9.65. The quantitative estimate of drug-likeness (QED) is 0.488. The van der Waals surface area contributed by atoms with Crippen molar-refractivity contribution < 1.29 is 0 Å². The molecule has 1 heteroatoms. The van der Waals surface area contributed by atoms with Gasteiger partial charge in [0.25, 0.3) is 0 Å². The number of rotatable bonds is 1. The summed E-state index contributed by atoms with van der Waals surface area (Å²) in [6.07, 6.45) is 3.08. The summed E-state index contributed by atoms with van der Waals surface area (Å²) in [5.74, 6) is 1.09. The van der Waals surface area contributed by atoms with E-state index in [2.05, 4.69) is 13.8 Å². The standard InChI is InChI=1S/C8H17I/c1-3-9-6-4-5-8(2)7-9/h8H,3-7H2,1-2H3. The Labute approximate surface area is 65.8 Å². The summed E-state index contributed by atoms with van der Waals surface area (Å²) in [5, 5.41) is 0. The van der Waals surface area contributed by atoms with Crippen LogP contribution in [0.4, 0.5) is 0 Å². The molecule has 1 aliphatic rings. The molecule has 0 aliphatic carbocycles. The first-order chi connectivity index (χ1) is 4.33. The summed E-state index contributed by atoms with van der Waals surface area (Å²) in [5.41, 5.74) is 0. The molecule has 1 aliphatic heterocycles. The van der Waals surface area contributed by atoms with Gasteiger partial charge in [0.1, 0.15) is 0 Å². The van der Waals surface area contributed by atoms with Gasteiger partial charge in [-0.05, 0) is 0 Å². The number of hydrogen-bond donors (Lipinski definition) is 0. The predicted molar refractivity (Wildman–Crippen MR) is 52.7 cm³/mol. The van der Waals surface area contributed by atoms with E-state index in [-0.39, 0.29) is 19.8 Å². The first kappa shape index (κ1) is 7.83. The van der Waals surface area contributed by atoms with Gasteiger partial charge in [-0.1, -0.05) is 0 Å². The molecule has 1 unspecified atom stereocenters. The van der Waals surface area contributed by atoms with Gasteiger partial charge in [-0.2, -0.15) is 0 Å². The van der Waals surface area contributed by atoms with Crippen LogP contribution in [0.5, 0.6) is 0 Å². The van der Waals surface area contributed by atoms with E-state index < -0.39 is 0 Å². The van der Waals surface area contributed by atoms with E-state index in [4.69, 9.17) is 0 Å². The molecule has 0 N–H and O–H groups in total. The zero-order chi connectivity index (χ0) is 6.69. The molecule has 0 spiro atoms. The van der Waals surface area contributed by atoms with Crippen molar-refractivity contribution in [1.82, 2.24) is 0 Å². The van der Waals surface area contributed by atoms with Gasteiger partial charge < -0.3 is 0 Å². The summed E-state index contributed by atoms with van der Waals surface area (Å²) >= 11 is -0.320. The zero-order valence-electron chi connectivity index (χ0n) is 6.49. The SMILES string of the molecule is CCI1CCCC(C)C1. The Bertz CT molecular complexity index is 80.6. The van der Waals surface area contributed by atoms with Crippen molar-refractivity contribution in [1.29, 1.82) is 0 Å². The second-order valence-electron chi connectivity index (χ2n) is 2.92. The first-order valence-corrected chi connectivity index (χ1v) is 8.48. The zero-order valence-corrected chi connectivity index (χ0v) is 8.65. The molecule has 56 valence electrons. The Hall–Kier alpha value is 0.730. The maximum atomic E-state index is 2.43. The molecule has 0 amide bonds. The van der Waals surface area contributed by atoms with Crippen molar-refractivity contribution in [2.45, 2.75) is 26.7 Å². The molecule has 0 aromatic heterocycles. The molecule has 1 heterocycles. The van der Waals surface area contributed by atoms with Crippen LogP contribution >= 0.6 is 19.8 Å². The number of alkyl halides is 3. The third kappa shape index (κ3) is 2.44. The Morgan fingerprint density at radius 3 is 2.78 bits per heavy atom. The molecular formula is C8H17I. The van der Waals surface area contributed by atoms with E-state index in [0.717, 1.165) is 5.92 Å². The van der Waals surface area contributed by atoms with Gasteiger partial charge in [0, 0.05) is 0 Å². The van der Waals surface area contributed by atoms with Crippen molar-refractivity contribution in [2.75, 3.05) is 13.3 Å². The fraction of sp³-hybridized carbons (Fsp3) is 1.00. The Morgan fingerprint density at radius 1 is 1.56 bits per heavy atom. The number of halogens is 1. The predicted octanol–water partition coefficient (Wildman–Crippen LogP) is 2.94. The average molecular weight is 240 g/mol. The van der Waals surface area contributed by atoms with Crippen molar-refractivity contribution in [3.8, 4) is 0 Å². The third-order valence-corrected chi connectivity index (χ3v) is 9.15. The average Bonchev–Trinajstić information content (AvgIpc) is 1.88. The van der Waals surface area contributed by atoms with Crippen LogP contribution < -0.4 is 0 Å². The van der Waals surface area contributed by atoms with E-state index in [0.29, 0.717) is 0 Å². The van der Waals surface area contributed by atoms with E-state index in [1.807, 2.05) is 0 Å². The summed E-state index contributed by atoms with van der Waals surface area (Å²) in [4.78, 5) is 0. The van der Waals surface area contributed by atoms with E-state index in [9.17, 15) is 0 Å². The Balaban J connectivity index is 2.23. The monoisotopic (exact) mass is 240 g/mol. The van der Waals surface area contributed by atoms with Crippen molar-refractivity contribution in [3.63, 3.8) is 0 Å². The summed E-state index contributed by atoms with van der Waals surface area (Å²) in [6, 6.07) is 0. The fourth-order valence-electron chi connectivity index (χ4n) is 1.38. The van der Waals surface area contributed by atoms with Crippen LogP contribution in [0.1, 0.15) is 26.7 Å². The van der Waals surface area contributed by atoms with Crippen LogP contribution in [0.25, 0.3) is 0 Å². The molecule has 0 saturated carbocycles. The van der Waals surface area contributed by atoms with E-state index in [1.165, 1.54) is 6.42 Å². The van der Waals surface area contributed by atoms with Crippen LogP contribution in [0.15, 0.2) is 0 Å². The van der Waals surface area contributed by atoms with Gasteiger partial charge in [-0.3, -0.25) is 0 Å². The molecule has 0 radical (unpaired) electrons. The first-order valence-electron chi connectivity index (χ1n) is 3.90. The molecule has 1 saturated heterocycles. The van der Waals surface area contributed by atoms with Crippen molar-refractivity contribution in [2.24, 2.45) is 5.92 Å². The van der Waals surface area contributed by atoms with Gasteiger partial charge in [-0.25, -0.2) is 0 Å². The molecule has 0 nitrogen and oxygen atoms in total. The summed E-state index contributed by atoms with van der Waals surface area (Å²) in [6.45, 7) is 4.82. The van der Waals surface area contributed by atoms with Gasteiger partial charge in [0.15, 0.2) is 0 Å². The Morgan fingerprint density at radius 2 is 2.33 bits per heavy atom. The molecule has 0 aromatic carbocycles. The van der Waals surface area contributed by atoms with Crippen molar-refractivity contribution in [3.05, 3.63) is 0 Å². The van der Waals surface area contributed by atoms with Gasteiger partial charge >= 0.3 is 65.7 Å². The molecule has 1 fully saturated rings. The summed E-state index contributed by atoms with van der Waals surface area (Å²) < 4.78 is 4.87. The third-order valence-electron chi connectivity index (χ3n) is 1.96. The molecule has 1 rings (SSSR count). The van der Waals surface area contributed by atoms with E-state index in [1.54, 1.807) is 19.7 Å². The molecule has 0 bridgehead atoms. The van der Waals surface area contributed by atoms with E-state index >= 15 is 0 Å². The van der Waals surface area contributed by atoms with Crippen LogP contribution in [0, 0.1) is 5.92 Å². The number of hydrogen-bond acceptors (Lipinski definition) is 0. The molecule has 9 heavy (non-hydrogen) atoms. The Kier molecular flexibility index (Phi) is 3.30. The molecular weight excluding hydrogens is 223 g/mol. The summed E-state index contributed by atoms with van der Waals surface area (Å²) in [7, 11) is 0. The molecule has 1 atom stereocenters. The minimum atomic E-state index is -0.320. The van der Waals surface area contributed by atoms with Gasteiger partial charge in [-0.15, -0.1) is 0 Å². The van der Waals surface area contributed by atoms with Gasteiger partial charge in [0.05, 0.1) is 0 Å². The normalized spacial score (nSPS) is 32.7. The topological polar surface area (TPSA) is 0 Å². The van der Waals surface area contributed by atoms with Gasteiger partial charge in [0.2, 0.25) is 0 Å². The fourth-order valence-corrected chi connectivity index (χ4v) is 7.30. The maximum absolute atomic E-state index is 2.43. The minimum absolute atomic E-state index is 0.320. The second kappa shape index (κ2) is 3.79. The molecule has 0 aromatic rings. The van der Waals surface area contributed by atoms with Crippen LogP contribution in [0.2, 0.25) is 0 Å². The van der Waals surface area contributed by atoms with Crippen LogP contribution in [-0.4, -0.2) is 13.3 Å². The van der Waals surface area contributed by atoms with Crippen LogP contribution in [-0.2, 0) is 0 Å².